The van der Waals surface area contributed by atoms with E-state index in [0.717, 1.165) is 22.4 Å². The van der Waals surface area contributed by atoms with Gasteiger partial charge >= 0.3 is 6.09 Å². The first-order valence-electron chi connectivity index (χ1n) is 9.02. The van der Waals surface area contributed by atoms with E-state index in [-0.39, 0.29) is 0 Å². The second-order valence-electron chi connectivity index (χ2n) is 7.52. The summed E-state index contributed by atoms with van der Waals surface area (Å²) in [5.74, 6) is 1.61. The Kier molecular flexibility index (Phi) is 6.80. The van der Waals surface area contributed by atoms with E-state index in [1.54, 1.807) is 37.7 Å². The molecule has 2 aromatic rings. The first-order valence-corrected chi connectivity index (χ1v) is 9.02. The lowest BCUT2D eigenvalue weighted by atomic mass is 9.93. The standard InChI is InChI=1S/C20H28N4O4/c1-13(2)10-20(3,21)12-28-18-16(27-5)8-15(11-23-18)14-6-7-22-17(9-14)24(4)19(25)26/h6-9,11,13H,10,12,21H2,1-5H3,(H,25,26)/t20-/m0/s1. The first kappa shape index (κ1) is 21.4. The number of nitrogens with two attached hydrogens (primary N) is 1. The van der Waals surface area contributed by atoms with Gasteiger partial charge in [-0.05, 0) is 43.0 Å². The highest BCUT2D eigenvalue weighted by Gasteiger charge is 2.22. The smallest absolute Gasteiger partial charge is 0.412 e. The first-order chi connectivity index (χ1) is 13.1. The number of pyridine rings is 2. The van der Waals surface area contributed by atoms with Crippen molar-refractivity contribution in [1.82, 2.24) is 9.97 Å². The second kappa shape index (κ2) is 8.88. The van der Waals surface area contributed by atoms with Crippen molar-refractivity contribution in [2.24, 2.45) is 11.7 Å². The number of nitrogens with zero attached hydrogens (tertiary/aromatic N) is 3. The van der Waals surface area contributed by atoms with Crippen LogP contribution in [0.3, 0.4) is 0 Å². The molecule has 0 bridgehead atoms. The minimum absolute atomic E-state index is 0.316. The minimum atomic E-state index is -1.09. The summed E-state index contributed by atoms with van der Waals surface area (Å²) < 4.78 is 11.2. The molecule has 0 saturated heterocycles. The number of hydrogen-bond donors (Lipinski definition) is 2. The summed E-state index contributed by atoms with van der Waals surface area (Å²) in [4.78, 5) is 20.6. The number of anilines is 1. The molecule has 8 nitrogen and oxygen atoms in total. The lowest BCUT2D eigenvalue weighted by molar-refractivity contribution is 0.194. The van der Waals surface area contributed by atoms with Crippen LogP contribution in [0.2, 0.25) is 0 Å². The van der Waals surface area contributed by atoms with Crippen LogP contribution in [-0.4, -0.2) is 47.5 Å². The molecule has 0 radical (unpaired) electrons. The molecule has 0 unspecified atom stereocenters. The Hall–Kier alpha value is -2.87. The number of carbonyl (C=O) groups is 1. The van der Waals surface area contributed by atoms with Crippen molar-refractivity contribution in [3.63, 3.8) is 0 Å². The molecule has 0 aliphatic heterocycles. The summed E-state index contributed by atoms with van der Waals surface area (Å²) in [7, 11) is 2.98. The molecule has 0 fully saturated rings. The van der Waals surface area contributed by atoms with E-state index in [1.807, 2.05) is 6.92 Å². The molecular formula is C20H28N4O4. The second-order valence-corrected chi connectivity index (χ2v) is 7.52. The zero-order chi connectivity index (χ0) is 20.9. The number of carboxylic acid groups (broad SMARTS) is 1. The van der Waals surface area contributed by atoms with Crippen molar-refractivity contribution in [2.75, 3.05) is 25.7 Å². The molecule has 8 heteroatoms. The predicted octanol–water partition coefficient (Wildman–Crippen LogP) is 3.41. The molecule has 3 N–H and O–H groups in total. The fourth-order valence-corrected chi connectivity index (χ4v) is 2.95. The summed E-state index contributed by atoms with van der Waals surface area (Å²) in [5.41, 5.74) is 7.34. The van der Waals surface area contributed by atoms with Crippen LogP contribution in [0.4, 0.5) is 10.6 Å². The van der Waals surface area contributed by atoms with E-state index in [1.165, 1.54) is 7.05 Å². The van der Waals surface area contributed by atoms with Gasteiger partial charge < -0.3 is 20.3 Å². The maximum absolute atomic E-state index is 11.1. The molecule has 0 spiro atoms. The molecule has 0 aromatic carbocycles. The Morgan fingerprint density at radius 3 is 2.64 bits per heavy atom. The molecule has 2 aromatic heterocycles. The van der Waals surface area contributed by atoms with Gasteiger partial charge in [-0.3, -0.25) is 4.90 Å². The van der Waals surface area contributed by atoms with Gasteiger partial charge in [0.05, 0.1) is 7.11 Å². The van der Waals surface area contributed by atoms with Crippen molar-refractivity contribution in [1.29, 1.82) is 0 Å². The monoisotopic (exact) mass is 388 g/mol. The maximum atomic E-state index is 11.1. The van der Waals surface area contributed by atoms with Crippen molar-refractivity contribution in [2.45, 2.75) is 32.7 Å². The van der Waals surface area contributed by atoms with Gasteiger partial charge in [0.1, 0.15) is 12.4 Å². The predicted molar refractivity (Wildman–Crippen MR) is 108 cm³/mol. The molecular weight excluding hydrogens is 360 g/mol. The molecule has 1 atom stereocenters. The van der Waals surface area contributed by atoms with Gasteiger partial charge in [-0.15, -0.1) is 0 Å². The summed E-state index contributed by atoms with van der Waals surface area (Å²) in [6, 6.07) is 5.24. The Bertz CT molecular complexity index is 824. The zero-order valence-corrected chi connectivity index (χ0v) is 17.0. The lowest BCUT2D eigenvalue weighted by Crippen LogP contribution is -2.43. The minimum Gasteiger partial charge on any atom is -0.491 e. The van der Waals surface area contributed by atoms with Gasteiger partial charge in [0.25, 0.3) is 5.88 Å². The fourth-order valence-electron chi connectivity index (χ4n) is 2.95. The van der Waals surface area contributed by atoms with Crippen LogP contribution in [0.5, 0.6) is 11.6 Å². The van der Waals surface area contributed by atoms with E-state index in [0.29, 0.717) is 30.0 Å². The summed E-state index contributed by atoms with van der Waals surface area (Å²) in [6.07, 6.45) is 2.93. The topological polar surface area (TPSA) is 111 Å². The third-order valence-electron chi connectivity index (χ3n) is 4.16. The van der Waals surface area contributed by atoms with Gasteiger partial charge in [-0.25, -0.2) is 14.8 Å². The van der Waals surface area contributed by atoms with Crippen molar-refractivity contribution >= 4 is 11.9 Å². The largest absolute Gasteiger partial charge is 0.491 e. The average Bonchev–Trinajstić information content (AvgIpc) is 2.64. The Morgan fingerprint density at radius 2 is 2.04 bits per heavy atom. The quantitative estimate of drug-likeness (QED) is 0.713. The van der Waals surface area contributed by atoms with Crippen molar-refractivity contribution < 1.29 is 19.4 Å². The molecule has 1 amide bonds. The van der Waals surface area contributed by atoms with E-state index >= 15 is 0 Å². The highest BCUT2D eigenvalue weighted by atomic mass is 16.5. The number of methoxy groups -OCH3 is 1. The number of ether oxygens (including phenoxy) is 2. The number of aromatic nitrogens is 2. The van der Waals surface area contributed by atoms with Gasteiger partial charge in [0, 0.05) is 30.5 Å². The Balaban J connectivity index is 2.24. The van der Waals surface area contributed by atoms with Crippen LogP contribution in [0.1, 0.15) is 27.2 Å². The third-order valence-corrected chi connectivity index (χ3v) is 4.16. The van der Waals surface area contributed by atoms with Crippen molar-refractivity contribution in [3.8, 4) is 22.8 Å². The average molecular weight is 388 g/mol. The van der Waals surface area contributed by atoms with E-state index in [2.05, 4.69) is 23.8 Å². The lowest BCUT2D eigenvalue weighted by Gasteiger charge is -2.26. The Morgan fingerprint density at radius 1 is 1.32 bits per heavy atom. The van der Waals surface area contributed by atoms with Crippen LogP contribution in [-0.2, 0) is 0 Å². The Labute approximate surface area is 165 Å². The molecule has 0 aliphatic carbocycles. The number of rotatable bonds is 8. The summed E-state index contributed by atoms with van der Waals surface area (Å²) >= 11 is 0. The van der Waals surface area contributed by atoms with Crippen LogP contribution in [0.25, 0.3) is 11.1 Å². The van der Waals surface area contributed by atoms with E-state index in [4.69, 9.17) is 20.3 Å². The van der Waals surface area contributed by atoms with Gasteiger partial charge in [-0.1, -0.05) is 13.8 Å². The molecule has 0 saturated carbocycles. The van der Waals surface area contributed by atoms with E-state index in [9.17, 15) is 4.79 Å². The normalized spacial score (nSPS) is 13.1. The van der Waals surface area contributed by atoms with E-state index < -0.39 is 11.6 Å². The maximum Gasteiger partial charge on any atom is 0.412 e. The van der Waals surface area contributed by atoms with Crippen LogP contribution >= 0.6 is 0 Å². The number of amides is 1. The summed E-state index contributed by atoms with van der Waals surface area (Å²) in [6.45, 7) is 6.50. The van der Waals surface area contributed by atoms with Gasteiger partial charge in [0.2, 0.25) is 0 Å². The molecule has 0 aliphatic rings. The molecule has 2 heterocycles. The highest BCUT2D eigenvalue weighted by Crippen LogP contribution is 2.31. The zero-order valence-electron chi connectivity index (χ0n) is 17.0. The fraction of sp³-hybridized carbons (Fsp3) is 0.450. The molecule has 152 valence electrons. The molecule has 28 heavy (non-hydrogen) atoms. The summed E-state index contributed by atoms with van der Waals surface area (Å²) in [5, 5.41) is 9.12. The SMILES string of the molecule is COc1cc(-c2ccnc(N(C)C(=O)O)c2)cnc1OC[C@@](C)(N)CC(C)C. The van der Waals surface area contributed by atoms with Crippen LogP contribution < -0.4 is 20.1 Å². The third kappa shape index (κ3) is 5.56. The van der Waals surface area contributed by atoms with Gasteiger partial charge in [-0.2, -0.15) is 0 Å². The van der Waals surface area contributed by atoms with Crippen LogP contribution in [0, 0.1) is 5.92 Å². The van der Waals surface area contributed by atoms with Crippen molar-refractivity contribution in [3.05, 3.63) is 30.6 Å². The van der Waals surface area contributed by atoms with Crippen LogP contribution in [0.15, 0.2) is 30.6 Å². The number of hydrogen-bond acceptors (Lipinski definition) is 6. The highest BCUT2D eigenvalue weighted by molar-refractivity contribution is 5.85. The van der Waals surface area contributed by atoms with Gasteiger partial charge in [0.15, 0.2) is 5.75 Å². The molecule has 2 rings (SSSR count).